The van der Waals surface area contributed by atoms with Gasteiger partial charge in [0.1, 0.15) is 5.78 Å². The molecule has 1 nitrogen and oxygen atoms in total. The predicted molar refractivity (Wildman–Crippen MR) is 58.2 cm³/mol. The number of ketones is 1. The van der Waals surface area contributed by atoms with Crippen LogP contribution in [0, 0.1) is 11.8 Å². The molecule has 1 atom stereocenters. The zero-order valence-electron chi connectivity index (χ0n) is 9.13. The molecule has 0 heterocycles. The molecule has 14 heavy (non-hydrogen) atoms. The van der Waals surface area contributed by atoms with Gasteiger partial charge in [-0.25, -0.2) is 0 Å². The zero-order chi connectivity index (χ0) is 9.80. The van der Waals surface area contributed by atoms with Gasteiger partial charge in [-0.05, 0) is 31.6 Å². The van der Waals surface area contributed by atoms with E-state index in [1.54, 1.807) is 0 Å². The Morgan fingerprint density at radius 1 is 0.929 bits per heavy atom. The van der Waals surface area contributed by atoms with Gasteiger partial charge in [0, 0.05) is 12.3 Å². The summed E-state index contributed by atoms with van der Waals surface area (Å²) >= 11 is 0. The van der Waals surface area contributed by atoms with Gasteiger partial charge in [0.15, 0.2) is 0 Å². The first-order valence-corrected chi connectivity index (χ1v) is 6.39. The summed E-state index contributed by atoms with van der Waals surface area (Å²) in [5.74, 6) is 1.98. The summed E-state index contributed by atoms with van der Waals surface area (Å²) in [5, 5.41) is 0. The Bertz CT molecular complexity index is 191. The Balaban J connectivity index is 1.70. The van der Waals surface area contributed by atoms with Crippen LogP contribution in [0.4, 0.5) is 0 Å². The molecule has 0 aliphatic heterocycles. The lowest BCUT2D eigenvalue weighted by molar-refractivity contribution is -0.124. The smallest absolute Gasteiger partial charge is 0.135 e. The lowest BCUT2D eigenvalue weighted by Gasteiger charge is -2.21. The van der Waals surface area contributed by atoms with Crippen LogP contribution in [-0.2, 0) is 4.79 Å². The molecule has 2 fully saturated rings. The highest BCUT2D eigenvalue weighted by molar-refractivity contribution is 5.81. The molecule has 1 unspecified atom stereocenters. The van der Waals surface area contributed by atoms with E-state index < -0.39 is 0 Å². The fourth-order valence-electron chi connectivity index (χ4n) is 3.10. The summed E-state index contributed by atoms with van der Waals surface area (Å²) in [6.07, 6.45) is 12.8. The van der Waals surface area contributed by atoms with Crippen LogP contribution >= 0.6 is 0 Å². The number of hydrogen-bond acceptors (Lipinski definition) is 1. The van der Waals surface area contributed by atoms with Crippen molar-refractivity contribution in [2.75, 3.05) is 0 Å². The van der Waals surface area contributed by atoms with E-state index in [-0.39, 0.29) is 0 Å². The monoisotopic (exact) mass is 194 g/mol. The molecular weight excluding hydrogens is 172 g/mol. The molecule has 2 aliphatic carbocycles. The van der Waals surface area contributed by atoms with Crippen molar-refractivity contribution in [1.82, 2.24) is 0 Å². The fourth-order valence-corrected chi connectivity index (χ4v) is 3.10. The number of carbonyl (C=O) groups excluding carboxylic acids is 1. The van der Waals surface area contributed by atoms with Gasteiger partial charge in [0.25, 0.3) is 0 Å². The van der Waals surface area contributed by atoms with Crippen LogP contribution in [-0.4, -0.2) is 5.78 Å². The van der Waals surface area contributed by atoms with Crippen molar-refractivity contribution in [1.29, 1.82) is 0 Å². The number of rotatable bonds is 3. The van der Waals surface area contributed by atoms with Gasteiger partial charge in [-0.3, -0.25) is 4.79 Å². The second-order valence-electron chi connectivity index (χ2n) is 5.14. The van der Waals surface area contributed by atoms with Crippen LogP contribution in [0.3, 0.4) is 0 Å². The number of Topliss-reactive ketones (excluding diaryl/α,β-unsaturated/α-hetero) is 1. The minimum absolute atomic E-state index is 0.448. The van der Waals surface area contributed by atoms with Gasteiger partial charge in [-0.2, -0.15) is 0 Å². The third kappa shape index (κ3) is 2.59. The standard InChI is InChI=1S/C13H22O/c14-13-8-4-3-7-12(13)10-9-11-5-1-2-6-11/h11-12H,1-10H2. The Morgan fingerprint density at radius 2 is 1.64 bits per heavy atom. The minimum Gasteiger partial charge on any atom is -0.299 e. The summed E-state index contributed by atoms with van der Waals surface area (Å²) in [5.41, 5.74) is 0. The molecule has 2 saturated carbocycles. The molecule has 1 heteroatoms. The summed E-state index contributed by atoms with van der Waals surface area (Å²) in [6.45, 7) is 0. The molecule has 0 bridgehead atoms. The maximum Gasteiger partial charge on any atom is 0.135 e. The van der Waals surface area contributed by atoms with Crippen LogP contribution in [0.25, 0.3) is 0 Å². The summed E-state index contributed by atoms with van der Waals surface area (Å²) < 4.78 is 0. The SMILES string of the molecule is O=C1CCCCC1CCC1CCCC1. The van der Waals surface area contributed by atoms with Gasteiger partial charge in [-0.15, -0.1) is 0 Å². The molecule has 0 aromatic carbocycles. The maximum absolute atomic E-state index is 11.6. The molecule has 0 N–H and O–H groups in total. The first kappa shape index (κ1) is 10.2. The van der Waals surface area contributed by atoms with Crippen LogP contribution < -0.4 is 0 Å². The van der Waals surface area contributed by atoms with Crippen LogP contribution in [0.5, 0.6) is 0 Å². The van der Waals surface area contributed by atoms with E-state index >= 15 is 0 Å². The van der Waals surface area contributed by atoms with Crippen molar-refractivity contribution < 1.29 is 4.79 Å². The third-order valence-electron chi connectivity index (χ3n) is 4.08. The van der Waals surface area contributed by atoms with Gasteiger partial charge < -0.3 is 0 Å². The fraction of sp³-hybridized carbons (Fsp3) is 0.923. The van der Waals surface area contributed by atoms with E-state index in [0.29, 0.717) is 11.7 Å². The zero-order valence-corrected chi connectivity index (χ0v) is 9.13. The van der Waals surface area contributed by atoms with E-state index in [1.165, 1.54) is 51.4 Å². The first-order valence-electron chi connectivity index (χ1n) is 6.39. The third-order valence-corrected chi connectivity index (χ3v) is 4.08. The number of carbonyl (C=O) groups is 1. The Labute approximate surface area is 87.3 Å². The molecule has 80 valence electrons. The Hall–Kier alpha value is -0.330. The van der Waals surface area contributed by atoms with Gasteiger partial charge in [0.05, 0.1) is 0 Å². The molecular formula is C13H22O. The average Bonchev–Trinajstić information content (AvgIpc) is 2.69. The molecule has 0 radical (unpaired) electrons. The van der Waals surface area contributed by atoms with Crippen LogP contribution in [0.2, 0.25) is 0 Å². The lowest BCUT2D eigenvalue weighted by Crippen LogP contribution is -2.19. The second-order valence-corrected chi connectivity index (χ2v) is 5.14. The maximum atomic E-state index is 11.6. The highest BCUT2D eigenvalue weighted by Crippen LogP contribution is 2.32. The Morgan fingerprint density at radius 3 is 2.36 bits per heavy atom. The average molecular weight is 194 g/mol. The molecule has 0 amide bonds. The molecule has 0 aromatic heterocycles. The lowest BCUT2D eigenvalue weighted by atomic mass is 9.83. The van der Waals surface area contributed by atoms with E-state index in [4.69, 9.17) is 0 Å². The summed E-state index contributed by atoms with van der Waals surface area (Å²) in [6, 6.07) is 0. The van der Waals surface area contributed by atoms with Crippen molar-refractivity contribution in [2.45, 2.75) is 64.2 Å². The van der Waals surface area contributed by atoms with Gasteiger partial charge >= 0.3 is 0 Å². The largest absolute Gasteiger partial charge is 0.299 e. The molecule has 2 aliphatic rings. The minimum atomic E-state index is 0.448. The predicted octanol–water partition coefficient (Wildman–Crippen LogP) is 3.72. The summed E-state index contributed by atoms with van der Waals surface area (Å²) in [7, 11) is 0. The first-order chi connectivity index (χ1) is 6.86. The second kappa shape index (κ2) is 4.95. The quantitative estimate of drug-likeness (QED) is 0.669. The molecule has 0 aromatic rings. The van der Waals surface area contributed by atoms with E-state index in [1.807, 2.05) is 0 Å². The van der Waals surface area contributed by atoms with E-state index in [0.717, 1.165) is 18.8 Å². The normalized spacial score (nSPS) is 29.7. The van der Waals surface area contributed by atoms with Crippen molar-refractivity contribution in [3.05, 3.63) is 0 Å². The highest BCUT2D eigenvalue weighted by atomic mass is 16.1. The van der Waals surface area contributed by atoms with Crippen molar-refractivity contribution in [3.8, 4) is 0 Å². The van der Waals surface area contributed by atoms with Crippen molar-refractivity contribution >= 4 is 5.78 Å². The van der Waals surface area contributed by atoms with Crippen molar-refractivity contribution in [3.63, 3.8) is 0 Å². The van der Waals surface area contributed by atoms with Crippen molar-refractivity contribution in [2.24, 2.45) is 11.8 Å². The summed E-state index contributed by atoms with van der Waals surface area (Å²) in [4.78, 5) is 11.6. The molecule has 0 saturated heterocycles. The molecule has 2 rings (SSSR count). The molecule has 0 spiro atoms. The van der Waals surface area contributed by atoms with Gasteiger partial charge in [0.2, 0.25) is 0 Å². The topological polar surface area (TPSA) is 17.1 Å². The number of hydrogen-bond donors (Lipinski definition) is 0. The van der Waals surface area contributed by atoms with Crippen LogP contribution in [0.1, 0.15) is 64.2 Å². The van der Waals surface area contributed by atoms with Crippen LogP contribution in [0.15, 0.2) is 0 Å². The Kier molecular flexibility index (Phi) is 3.61. The highest BCUT2D eigenvalue weighted by Gasteiger charge is 2.23. The van der Waals surface area contributed by atoms with E-state index in [2.05, 4.69) is 0 Å². The van der Waals surface area contributed by atoms with Gasteiger partial charge in [-0.1, -0.05) is 32.1 Å². The van der Waals surface area contributed by atoms with E-state index in [9.17, 15) is 4.79 Å².